The molecule has 0 bridgehead atoms. The van der Waals surface area contributed by atoms with Crippen molar-refractivity contribution in [2.24, 2.45) is 0 Å². The molecule has 0 aliphatic heterocycles. The van der Waals surface area contributed by atoms with Crippen molar-refractivity contribution in [3.63, 3.8) is 0 Å². The van der Waals surface area contributed by atoms with Crippen LogP contribution in [0.1, 0.15) is 21.5 Å². The van der Waals surface area contributed by atoms with Crippen LogP contribution in [0.2, 0.25) is 0 Å². The Morgan fingerprint density at radius 1 is 1.04 bits per heavy atom. The maximum absolute atomic E-state index is 12.0. The number of hydrogen-bond donors (Lipinski definition) is 1. The number of benzene rings is 2. The van der Waals surface area contributed by atoms with E-state index in [1.54, 1.807) is 0 Å². The summed E-state index contributed by atoms with van der Waals surface area (Å²) in [6.07, 6.45) is 0. The molecule has 3 rings (SSSR count). The largest absolute Gasteiger partial charge is 0.478 e. The number of hydrogen-bond acceptors (Lipinski definition) is 4. The van der Waals surface area contributed by atoms with Gasteiger partial charge in [0.25, 0.3) is 5.56 Å². The number of nitrogens with zero attached hydrogens (tertiary/aromatic N) is 2. The third-order valence-electron chi connectivity index (χ3n) is 3.64. The van der Waals surface area contributed by atoms with E-state index < -0.39 is 5.97 Å². The molecule has 2 aromatic carbocycles. The molecule has 6 heteroatoms. The van der Waals surface area contributed by atoms with Crippen LogP contribution in [0, 0.1) is 6.92 Å². The molecule has 3 aromatic rings. The molecule has 0 saturated carbocycles. The number of carbonyl (C=O) groups is 1. The van der Waals surface area contributed by atoms with Gasteiger partial charge in [-0.25, -0.2) is 4.79 Å². The van der Waals surface area contributed by atoms with Crippen molar-refractivity contribution in [2.75, 3.05) is 0 Å². The van der Waals surface area contributed by atoms with Crippen molar-refractivity contribution in [1.29, 1.82) is 0 Å². The summed E-state index contributed by atoms with van der Waals surface area (Å²) in [5.41, 5.74) is 2.45. The molecule has 6 nitrogen and oxygen atoms in total. The van der Waals surface area contributed by atoms with E-state index in [0.29, 0.717) is 18.2 Å². The van der Waals surface area contributed by atoms with E-state index in [-0.39, 0.29) is 11.1 Å². The van der Waals surface area contributed by atoms with E-state index in [2.05, 4.69) is 5.10 Å². The Bertz CT molecular complexity index is 944. The Morgan fingerprint density at radius 2 is 1.72 bits per heavy atom. The summed E-state index contributed by atoms with van der Waals surface area (Å²) < 4.78 is 6.82. The predicted octanol–water partition coefficient (Wildman–Crippen LogP) is 2.82. The summed E-state index contributed by atoms with van der Waals surface area (Å²) >= 11 is 0. The Labute approximate surface area is 143 Å². The van der Waals surface area contributed by atoms with Crippen molar-refractivity contribution < 1.29 is 14.6 Å². The Morgan fingerprint density at radius 3 is 2.36 bits per heavy atom. The molecule has 0 radical (unpaired) electrons. The van der Waals surface area contributed by atoms with Gasteiger partial charge in [0.2, 0.25) is 5.88 Å². The number of aromatic nitrogens is 2. The molecule has 25 heavy (non-hydrogen) atoms. The van der Waals surface area contributed by atoms with E-state index in [4.69, 9.17) is 9.84 Å². The average Bonchev–Trinajstić information content (AvgIpc) is 2.62. The van der Waals surface area contributed by atoms with Gasteiger partial charge in [-0.15, -0.1) is 5.10 Å². The Hall–Kier alpha value is -3.41. The lowest BCUT2D eigenvalue weighted by Gasteiger charge is -2.09. The van der Waals surface area contributed by atoms with Crippen LogP contribution in [0.15, 0.2) is 65.5 Å². The molecule has 0 spiro atoms. The fourth-order valence-electron chi connectivity index (χ4n) is 2.24. The molecule has 0 atom stereocenters. The summed E-state index contributed by atoms with van der Waals surface area (Å²) in [5.74, 6) is -0.718. The van der Waals surface area contributed by atoms with Gasteiger partial charge < -0.3 is 9.84 Å². The lowest BCUT2D eigenvalue weighted by Crippen LogP contribution is -2.20. The molecule has 0 unspecified atom stereocenters. The number of aromatic carboxylic acids is 1. The number of carboxylic acid groups (broad SMARTS) is 1. The van der Waals surface area contributed by atoms with Gasteiger partial charge in [-0.2, -0.15) is 4.68 Å². The maximum Gasteiger partial charge on any atom is 0.335 e. The average molecular weight is 336 g/mol. The second kappa shape index (κ2) is 7.00. The molecule has 1 heterocycles. The first kappa shape index (κ1) is 16.4. The number of aryl methyl sites for hydroxylation is 1. The van der Waals surface area contributed by atoms with E-state index in [0.717, 1.165) is 5.56 Å². The molecule has 1 aromatic heterocycles. The molecule has 0 aliphatic carbocycles. The summed E-state index contributed by atoms with van der Waals surface area (Å²) in [6.45, 7) is 2.35. The second-order valence-corrected chi connectivity index (χ2v) is 5.55. The van der Waals surface area contributed by atoms with E-state index in [1.165, 1.54) is 46.6 Å². The van der Waals surface area contributed by atoms with Crippen LogP contribution in [0.4, 0.5) is 0 Å². The topological polar surface area (TPSA) is 81.4 Å². The van der Waals surface area contributed by atoms with Gasteiger partial charge in [0.05, 0.1) is 11.3 Å². The van der Waals surface area contributed by atoms with E-state index in [1.807, 2.05) is 31.2 Å². The fraction of sp³-hybridized carbons (Fsp3) is 0.105. The van der Waals surface area contributed by atoms with Crippen LogP contribution in [-0.4, -0.2) is 20.9 Å². The first-order valence-corrected chi connectivity index (χ1v) is 7.65. The quantitative estimate of drug-likeness (QED) is 0.775. The zero-order valence-corrected chi connectivity index (χ0v) is 13.5. The van der Waals surface area contributed by atoms with E-state index in [9.17, 15) is 9.59 Å². The molecule has 0 amide bonds. The summed E-state index contributed by atoms with van der Waals surface area (Å²) in [5, 5.41) is 13.1. The van der Waals surface area contributed by atoms with Gasteiger partial charge in [-0.1, -0.05) is 29.8 Å². The Balaban J connectivity index is 1.81. The molecule has 126 valence electrons. The molecule has 0 fully saturated rings. The third kappa shape index (κ3) is 3.92. The van der Waals surface area contributed by atoms with Crippen molar-refractivity contribution in [2.45, 2.75) is 13.5 Å². The number of rotatable bonds is 5. The highest BCUT2D eigenvalue weighted by atomic mass is 16.5. The van der Waals surface area contributed by atoms with Crippen LogP contribution in [0.5, 0.6) is 5.88 Å². The zero-order valence-electron chi connectivity index (χ0n) is 13.5. The highest BCUT2D eigenvalue weighted by Crippen LogP contribution is 2.11. The lowest BCUT2D eigenvalue weighted by molar-refractivity contribution is 0.0697. The molecular formula is C19H16N2O4. The molecule has 1 N–H and O–H groups in total. The number of carboxylic acids is 1. The normalized spacial score (nSPS) is 10.4. The fourth-order valence-corrected chi connectivity index (χ4v) is 2.24. The van der Waals surface area contributed by atoms with Gasteiger partial charge in [0, 0.05) is 12.1 Å². The molecule has 0 aliphatic rings. The van der Waals surface area contributed by atoms with Crippen molar-refractivity contribution in [1.82, 2.24) is 9.78 Å². The molecule has 0 saturated heterocycles. The third-order valence-corrected chi connectivity index (χ3v) is 3.64. The van der Waals surface area contributed by atoms with Gasteiger partial charge in [-0.3, -0.25) is 4.79 Å². The Kier molecular flexibility index (Phi) is 4.61. The van der Waals surface area contributed by atoms with Crippen LogP contribution < -0.4 is 10.3 Å². The lowest BCUT2D eigenvalue weighted by atomic mass is 10.2. The monoisotopic (exact) mass is 336 g/mol. The highest BCUT2D eigenvalue weighted by Gasteiger charge is 2.07. The molecular weight excluding hydrogens is 320 g/mol. The first-order chi connectivity index (χ1) is 12.0. The van der Waals surface area contributed by atoms with Crippen molar-refractivity contribution in [3.8, 4) is 11.6 Å². The van der Waals surface area contributed by atoms with Crippen LogP contribution in [-0.2, 0) is 6.61 Å². The van der Waals surface area contributed by atoms with E-state index >= 15 is 0 Å². The minimum atomic E-state index is -1.03. The predicted molar refractivity (Wildman–Crippen MR) is 92.3 cm³/mol. The second-order valence-electron chi connectivity index (χ2n) is 5.55. The summed E-state index contributed by atoms with van der Waals surface area (Å²) in [6, 6.07) is 16.7. The van der Waals surface area contributed by atoms with Crippen molar-refractivity contribution >= 4 is 5.97 Å². The van der Waals surface area contributed by atoms with Gasteiger partial charge in [0.1, 0.15) is 6.61 Å². The van der Waals surface area contributed by atoms with Crippen molar-refractivity contribution in [3.05, 3.63) is 87.7 Å². The van der Waals surface area contributed by atoms with Crippen LogP contribution in [0.25, 0.3) is 5.69 Å². The SMILES string of the molecule is Cc1ccc(COc2ccc(=O)n(-c3ccc(C(=O)O)cc3)n2)cc1. The van der Waals surface area contributed by atoms with Crippen LogP contribution >= 0.6 is 0 Å². The minimum absolute atomic E-state index is 0.142. The standard InChI is InChI=1S/C19H16N2O4/c1-13-2-4-14(5-3-13)12-25-17-10-11-18(22)21(20-17)16-8-6-15(7-9-16)19(23)24/h2-11H,12H2,1H3,(H,23,24). The maximum atomic E-state index is 12.0. The summed E-state index contributed by atoms with van der Waals surface area (Å²) in [4.78, 5) is 22.9. The van der Waals surface area contributed by atoms with Crippen LogP contribution in [0.3, 0.4) is 0 Å². The zero-order chi connectivity index (χ0) is 17.8. The van der Waals surface area contributed by atoms with Gasteiger partial charge >= 0.3 is 5.97 Å². The van der Waals surface area contributed by atoms with Gasteiger partial charge in [-0.05, 0) is 36.8 Å². The summed E-state index contributed by atoms with van der Waals surface area (Å²) in [7, 11) is 0. The smallest absolute Gasteiger partial charge is 0.335 e. The highest BCUT2D eigenvalue weighted by molar-refractivity contribution is 5.87. The first-order valence-electron chi connectivity index (χ1n) is 7.65. The number of ether oxygens (including phenoxy) is 1. The minimum Gasteiger partial charge on any atom is -0.478 e. The van der Waals surface area contributed by atoms with Gasteiger partial charge in [0.15, 0.2) is 0 Å².